The van der Waals surface area contributed by atoms with Crippen molar-refractivity contribution in [2.24, 2.45) is 0 Å². The van der Waals surface area contributed by atoms with Crippen molar-refractivity contribution in [2.45, 2.75) is 39.0 Å². The molecule has 0 unspecified atom stereocenters. The summed E-state index contributed by atoms with van der Waals surface area (Å²) in [5.41, 5.74) is 3.14. The number of hydrogen-bond donors (Lipinski definition) is 1. The molecule has 0 aliphatic heterocycles. The third-order valence-corrected chi connectivity index (χ3v) is 3.56. The SMILES string of the molecule is CCC(=O)Nc1ccc2oc3c(c2c1)CCCC3. The maximum atomic E-state index is 11.4. The first-order chi connectivity index (χ1) is 8.78. The Hall–Kier alpha value is -1.77. The Balaban J connectivity index is 2.02. The van der Waals surface area contributed by atoms with E-state index < -0.39 is 0 Å². The molecule has 1 amide bonds. The first-order valence-electron chi connectivity index (χ1n) is 6.62. The van der Waals surface area contributed by atoms with Crippen LogP contribution < -0.4 is 5.32 Å². The van der Waals surface area contributed by atoms with Crippen molar-refractivity contribution >= 4 is 22.6 Å². The molecule has 0 fully saturated rings. The van der Waals surface area contributed by atoms with Crippen molar-refractivity contribution in [2.75, 3.05) is 5.32 Å². The quantitative estimate of drug-likeness (QED) is 0.874. The summed E-state index contributed by atoms with van der Waals surface area (Å²) in [4.78, 5) is 11.4. The Morgan fingerprint density at radius 3 is 3.00 bits per heavy atom. The normalized spacial score (nSPS) is 14.5. The zero-order valence-electron chi connectivity index (χ0n) is 10.6. The molecule has 94 valence electrons. The summed E-state index contributed by atoms with van der Waals surface area (Å²) in [6, 6.07) is 5.90. The number of hydrogen-bond acceptors (Lipinski definition) is 2. The van der Waals surface area contributed by atoms with E-state index in [0.717, 1.165) is 29.9 Å². The highest BCUT2D eigenvalue weighted by Crippen LogP contribution is 2.33. The van der Waals surface area contributed by atoms with Crippen LogP contribution >= 0.6 is 0 Å². The summed E-state index contributed by atoms with van der Waals surface area (Å²) in [6.07, 6.45) is 5.08. The molecule has 0 saturated heterocycles. The maximum absolute atomic E-state index is 11.4. The molecule has 0 saturated carbocycles. The molecule has 1 N–H and O–H groups in total. The number of benzene rings is 1. The number of rotatable bonds is 2. The second kappa shape index (κ2) is 4.48. The van der Waals surface area contributed by atoms with E-state index in [1.165, 1.54) is 23.8 Å². The monoisotopic (exact) mass is 243 g/mol. The number of nitrogens with one attached hydrogen (secondary N) is 1. The van der Waals surface area contributed by atoms with Gasteiger partial charge in [0.2, 0.25) is 5.91 Å². The van der Waals surface area contributed by atoms with E-state index in [9.17, 15) is 4.79 Å². The van der Waals surface area contributed by atoms with Gasteiger partial charge in [-0.15, -0.1) is 0 Å². The molecule has 1 aliphatic rings. The molecule has 0 atom stereocenters. The van der Waals surface area contributed by atoms with E-state index in [1.54, 1.807) is 0 Å². The van der Waals surface area contributed by atoms with Crippen molar-refractivity contribution in [3.63, 3.8) is 0 Å². The minimum Gasteiger partial charge on any atom is -0.461 e. The Labute approximate surface area is 106 Å². The predicted molar refractivity (Wildman–Crippen MR) is 71.8 cm³/mol. The summed E-state index contributed by atoms with van der Waals surface area (Å²) in [6.45, 7) is 1.85. The van der Waals surface area contributed by atoms with E-state index in [1.807, 2.05) is 25.1 Å². The van der Waals surface area contributed by atoms with Crippen molar-refractivity contribution in [1.29, 1.82) is 0 Å². The Morgan fingerprint density at radius 2 is 2.17 bits per heavy atom. The van der Waals surface area contributed by atoms with Crippen molar-refractivity contribution < 1.29 is 9.21 Å². The van der Waals surface area contributed by atoms with Gasteiger partial charge in [-0.25, -0.2) is 0 Å². The summed E-state index contributed by atoms with van der Waals surface area (Å²) < 4.78 is 5.86. The molecular formula is C15H17NO2. The van der Waals surface area contributed by atoms with Gasteiger partial charge in [-0.2, -0.15) is 0 Å². The lowest BCUT2D eigenvalue weighted by Crippen LogP contribution is -2.09. The highest BCUT2D eigenvalue weighted by atomic mass is 16.3. The fourth-order valence-electron chi connectivity index (χ4n) is 2.59. The molecule has 1 aromatic heterocycles. The first kappa shape index (κ1) is 11.3. The van der Waals surface area contributed by atoms with Crippen LogP contribution in [-0.2, 0) is 17.6 Å². The molecule has 3 rings (SSSR count). The van der Waals surface area contributed by atoms with Crippen LogP contribution in [0.4, 0.5) is 5.69 Å². The number of carbonyl (C=O) groups excluding carboxylic acids is 1. The minimum absolute atomic E-state index is 0.0479. The molecule has 0 spiro atoms. The molecule has 1 heterocycles. The van der Waals surface area contributed by atoms with Gasteiger partial charge in [0.05, 0.1) is 0 Å². The number of furan rings is 1. The summed E-state index contributed by atoms with van der Waals surface area (Å²) in [7, 11) is 0. The van der Waals surface area contributed by atoms with Gasteiger partial charge in [-0.1, -0.05) is 6.92 Å². The highest BCUT2D eigenvalue weighted by Gasteiger charge is 2.17. The maximum Gasteiger partial charge on any atom is 0.224 e. The van der Waals surface area contributed by atoms with Crippen LogP contribution in [0.2, 0.25) is 0 Å². The van der Waals surface area contributed by atoms with Crippen molar-refractivity contribution in [3.8, 4) is 0 Å². The van der Waals surface area contributed by atoms with Crippen LogP contribution in [0.5, 0.6) is 0 Å². The van der Waals surface area contributed by atoms with Gasteiger partial charge in [0.25, 0.3) is 0 Å². The van der Waals surface area contributed by atoms with Crippen LogP contribution in [0, 0.1) is 0 Å². The Bertz CT molecular complexity index is 598. The number of anilines is 1. The van der Waals surface area contributed by atoms with E-state index in [0.29, 0.717) is 6.42 Å². The second-order valence-electron chi connectivity index (χ2n) is 4.82. The first-order valence-corrected chi connectivity index (χ1v) is 6.62. The number of amides is 1. The number of carbonyl (C=O) groups is 1. The molecule has 1 aromatic carbocycles. The number of aryl methyl sites for hydroxylation is 2. The fourth-order valence-corrected chi connectivity index (χ4v) is 2.59. The molecule has 0 bridgehead atoms. The summed E-state index contributed by atoms with van der Waals surface area (Å²) >= 11 is 0. The van der Waals surface area contributed by atoms with Gasteiger partial charge in [-0.3, -0.25) is 4.79 Å². The lowest BCUT2D eigenvalue weighted by Gasteiger charge is -2.09. The van der Waals surface area contributed by atoms with E-state index in [2.05, 4.69) is 5.32 Å². The largest absolute Gasteiger partial charge is 0.461 e. The zero-order valence-corrected chi connectivity index (χ0v) is 10.6. The molecule has 3 nitrogen and oxygen atoms in total. The average Bonchev–Trinajstić information content (AvgIpc) is 2.77. The van der Waals surface area contributed by atoms with Gasteiger partial charge in [0, 0.05) is 29.5 Å². The molecule has 0 radical (unpaired) electrons. The fraction of sp³-hybridized carbons (Fsp3) is 0.400. The van der Waals surface area contributed by atoms with E-state index >= 15 is 0 Å². The van der Waals surface area contributed by atoms with Gasteiger partial charge in [0.15, 0.2) is 0 Å². The van der Waals surface area contributed by atoms with Gasteiger partial charge < -0.3 is 9.73 Å². The predicted octanol–water partition coefficient (Wildman–Crippen LogP) is 3.66. The molecule has 3 heteroatoms. The van der Waals surface area contributed by atoms with Crippen LogP contribution in [0.1, 0.15) is 37.5 Å². The second-order valence-corrected chi connectivity index (χ2v) is 4.82. The van der Waals surface area contributed by atoms with Crippen LogP contribution in [-0.4, -0.2) is 5.91 Å². The molecule has 18 heavy (non-hydrogen) atoms. The average molecular weight is 243 g/mol. The van der Waals surface area contributed by atoms with Crippen molar-refractivity contribution in [3.05, 3.63) is 29.5 Å². The standard InChI is InChI=1S/C15H17NO2/c1-2-15(17)16-10-7-8-14-12(9-10)11-5-3-4-6-13(11)18-14/h7-9H,2-6H2,1H3,(H,16,17). The summed E-state index contributed by atoms with van der Waals surface area (Å²) in [5.74, 6) is 1.18. The Morgan fingerprint density at radius 1 is 1.33 bits per heavy atom. The lowest BCUT2D eigenvalue weighted by molar-refractivity contribution is -0.115. The van der Waals surface area contributed by atoms with Gasteiger partial charge >= 0.3 is 0 Å². The van der Waals surface area contributed by atoms with E-state index in [-0.39, 0.29) is 5.91 Å². The topological polar surface area (TPSA) is 42.2 Å². The molecule has 1 aliphatic carbocycles. The lowest BCUT2D eigenvalue weighted by atomic mass is 9.96. The molecular weight excluding hydrogens is 226 g/mol. The van der Waals surface area contributed by atoms with Crippen LogP contribution in [0.25, 0.3) is 11.0 Å². The minimum atomic E-state index is 0.0479. The van der Waals surface area contributed by atoms with Crippen LogP contribution in [0.3, 0.4) is 0 Å². The molecule has 2 aromatic rings. The highest BCUT2D eigenvalue weighted by molar-refractivity contribution is 5.94. The van der Waals surface area contributed by atoms with Gasteiger partial charge in [0.1, 0.15) is 11.3 Å². The summed E-state index contributed by atoms with van der Waals surface area (Å²) in [5, 5.41) is 4.07. The third kappa shape index (κ3) is 1.90. The third-order valence-electron chi connectivity index (χ3n) is 3.56. The van der Waals surface area contributed by atoms with E-state index in [4.69, 9.17) is 4.42 Å². The van der Waals surface area contributed by atoms with Gasteiger partial charge in [-0.05, 0) is 37.5 Å². The van der Waals surface area contributed by atoms with Crippen molar-refractivity contribution in [1.82, 2.24) is 0 Å². The van der Waals surface area contributed by atoms with Crippen LogP contribution in [0.15, 0.2) is 22.6 Å². The zero-order chi connectivity index (χ0) is 12.5. The number of fused-ring (bicyclic) bond motifs is 3. The smallest absolute Gasteiger partial charge is 0.224 e. The Kier molecular flexibility index (Phi) is 2.82.